The first-order valence-corrected chi connectivity index (χ1v) is 42.1. The summed E-state index contributed by atoms with van der Waals surface area (Å²) in [6.07, 6.45) is -19.3. The van der Waals surface area contributed by atoms with E-state index < -0.39 is 162 Å². The summed E-state index contributed by atoms with van der Waals surface area (Å²) in [7, 11) is 1.31. The van der Waals surface area contributed by atoms with Crippen LogP contribution in [0.5, 0.6) is 0 Å². The van der Waals surface area contributed by atoms with E-state index in [1.54, 1.807) is 59.3 Å². The van der Waals surface area contributed by atoms with Gasteiger partial charge in [-0.25, -0.2) is 61.9 Å². The number of anilines is 3. The number of nitrogens with zero attached hydrogens (tertiary/aromatic N) is 17. The number of alkyl halides is 15. The van der Waals surface area contributed by atoms with Crippen molar-refractivity contribution in [3.05, 3.63) is 177 Å². The molecule has 0 saturated carbocycles. The number of aliphatic carboxylic acids is 1. The van der Waals surface area contributed by atoms with Crippen molar-refractivity contribution in [2.75, 3.05) is 56.2 Å². The molecule has 0 aliphatic carbocycles. The van der Waals surface area contributed by atoms with E-state index in [1.807, 2.05) is 29.9 Å². The Balaban J connectivity index is 0.000000230. The Kier molecular flexibility index (Phi) is 37.9. The number of fused-ring (bicyclic) bond motifs is 5. The van der Waals surface area contributed by atoms with Gasteiger partial charge in [-0.15, -0.1) is 0 Å². The molecule has 5 aromatic heterocycles. The molecular weight excluding hydrogens is 1910 g/mol. The van der Waals surface area contributed by atoms with E-state index in [4.69, 9.17) is 40.9 Å². The average Bonchev–Trinajstić information content (AvgIpc) is 1.66. The number of nitriles is 3. The van der Waals surface area contributed by atoms with E-state index in [0.717, 1.165) is 46.4 Å². The Morgan fingerprint density at radius 1 is 0.450 bits per heavy atom. The van der Waals surface area contributed by atoms with Crippen molar-refractivity contribution in [1.82, 2.24) is 72.9 Å². The van der Waals surface area contributed by atoms with E-state index in [9.17, 15) is 122 Å². The van der Waals surface area contributed by atoms with E-state index >= 15 is 0 Å². The van der Waals surface area contributed by atoms with Crippen molar-refractivity contribution in [3.8, 4) is 18.2 Å². The van der Waals surface area contributed by atoms with Gasteiger partial charge in [0.1, 0.15) is 63.9 Å². The zero-order chi connectivity index (χ0) is 105. The maximum absolute atomic E-state index is 13.4. The molecule has 5 aliphatic heterocycles. The average molecular weight is 2000 g/mol. The van der Waals surface area contributed by atoms with E-state index in [1.165, 1.54) is 94.1 Å². The van der Waals surface area contributed by atoms with Crippen molar-refractivity contribution in [2.45, 2.75) is 202 Å². The van der Waals surface area contributed by atoms with E-state index in [0.29, 0.717) is 86.5 Å². The maximum atomic E-state index is 13.4. The van der Waals surface area contributed by atoms with Gasteiger partial charge in [-0.2, -0.15) is 86.7 Å². The highest BCUT2D eigenvalue weighted by Gasteiger charge is 2.44. The number of carbonyl (C=O) groups is 10. The van der Waals surface area contributed by atoms with Crippen LogP contribution in [0.2, 0.25) is 0 Å². The number of urea groups is 2. The molecule has 0 unspecified atom stereocenters. The third-order valence-corrected chi connectivity index (χ3v) is 20.9. The second-order valence-electron chi connectivity index (χ2n) is 33.9. The first kappa shape index (κ1) is 112. The Morgan fingerprint density at radius 3 is 1.13 bits per heavy atom. The molecule has 10 heterocycles. The molecule has 13 rings (SSSR count). The molecular formula is C87H95F18N21O14. The molecule has 0 spiro atoms. The number of amides is 6. The molecule has 6 N–H and O–H groups in total. The van der Waals surface area contributed by atoms with Crippen LogP contribution in [0.25, 0.3) is 0 Å². The molecule has 0 bridgehead atoms. The van der Waals surface area contributed by atoms with Gasteiger partial charge in [0.15, 0.2) is 28.8 Å². The number of hydrogen-bond donors (Lipinski definition) is 5. The molecule has 5 aliphatic rings. The van der Waals surface area contributed by atoms with Gasteiger partial charge in [0, 0.05) is 108 Å². The summed E-state index contributed by atoms with van der Waals surface area (Å²) in [4.78, 5) is 140. The number of Topliss-reactive ketones (excluding diaryl/α,β-unsaturated/α-hetero) is 4. The number of nitrogens with two attached hydrogens (primary N) is 1. The maximum Gasteiger partial charge on any atom is 0.490 e. The van der Waals surface area contributed by atoms with Crippen molar-refractivity contribution in [3.63, 3.8) is 0 Å². The summed E-state index contributed by atoms with van der Waals surface area (Å²) >= 11 is 0. The number of rotatable bonds is 15. The molecule has 140 heavy (non-hydrogen) atoms. The molecule has 6 amide bonds. The molecule has 0 saturated heterocycles. The standard InChI is InChI=1S/2C19H17F4N5O2.C16H22F3N3O3.C13H19N3O4.C11H14F3N3O.C7H5FN2.C2HF3O2/c1-11(19(21,22)23)6-17(29)14-9-25-28-5-4-27(10-16(14)28)18(30)26-13-2-3-15(20)12(7-13)8-24;1-11(19(21,22)23)6-16(29)17-15-9-27(4-5-28(15)10-25-17)18(30)26-13-2-3-14(20)12(7-13)8-24;1-10(16(17,18)19)7-12(23)13-11-8-21(5-6-22(11)9-20-13)14(24)25-15(2,3)4;1-13(2,3)20-12(18)15-5-6-16-8-14-10(9(16)7-15)11(17)19-4;1-7(11(12,13)14)4-9(18)10-8-5-15-2-3-17(8)6-16-10;8-7-2-1-6(10)3-5(7)4-9;3-2(4,5)1(6)7/h2-3,7,9,11H,4-6,10H2,1H3,(H,26,30);2-3,7,10-11H,4-6,9H2,1H3,(H,26,30);9-10H,5-8H2,1-4H3;8H,5-7H2,1-4H3;6-7,15H,2-5H2,1H3;1-3H,10H2;(H,6,7)/t2*11-;10-;;7-;;/m000.0../s1. The highest BCUT2D eigenvalue weighted by molar-refractivity contribution is 5.99. The first-order valence-electron chi connectivity index (χ1n) is 42.1. The molecule has 0 fully saturated rings. The van der Waals surface area contributed by atoms with Gasteiger partial charge in [-0.3, -0.25) is 23.9 Å². The Morgan fingerprint density at radius 2 is 0.771 bits per heavy atom. The molecule has 53 heteroatoms. The lowest BCUT2D eigenvalue weighted by Crippen LogP contribution is -2.41. The zero-order valence-electron chi connectivity index (χ0n) is 76.6. The second kappa shape index (κ2) is 47.2. The SMILES string of the molecule is COC(=O)c1ncn2c1CN(C(=O)OC(C)(C)C)CC2.C[C@@H](CC(=O)c1cnn2c1CN(C(=O)Nc1ccc(F)c(C#N)c1)CC2)C(F)(F)F.C[C@@H](CC(=O)c1ncn2c1CN(C(=O)Nc1ccc(F)c(C#N)c1)CC2)C(F)(F)F.C[C@@H](CC(=O)c1ncn2c1CN(C(=O)OC(C)(C)C)CC2)C(F)(F)F.C[C@@H](CC(=O)c1ncn2c1CNCC2)C(F)(F)F.N#Cc1cc(N)ccc1F.O=C(O)C(F)(F)F. The number of ketones is 4. The quantitative estimate of drug-likeness (QED) is 0.0209. The fourth-order valence-electron chi connectivity index (χ4n) is 13.1. The summed E-state index contributed by atoms with van der Waals surface area (Å²) < 4.78 is 247. The summed E-state index contributed by atoms with van der Waals surface area (Å²) in [5.41, 5.74) is 7.33. The van der Waals surface area contributed by atoms with Crippen LogP contribution in [0, 0.1) is 75.1 Å². The van der Waals surface area contributed by atoms with Gasteiger partial charge in [-0.05, 0) is 96.1 Å². The highest BCUT2D eigenvalue weighted by Crippen LogP contribution is 2.36. The number of nitrogens with one attached hydrogen (secondary N) is 3. The Hall–Kier alpha value is -14.6. The van der Waals surface area contributed by atoms with E-state index in [2.05, 4.69) is 45.7 Å². The van der Waals surface area contributed by atoms with Gasteiger partial charge >= 0.3 is 67.1 Å². The molecule has 3 aromatic carbocycles. The van der Waals surface area contributed by atoms with Crippen LogP contribution in [0.4, 0.5) is 115 Å². The van der Waals surface area contributed by atoms with Crippen molar-refractivity contribution < 1.29 is 146 Å². The second-order valence-corrected chi connectivity index (χ2v) is 33.9. The summed E-state index contributed by atoms with van der Waals surface area (Å²) in [5, 5.41) is 45.4. The van der Waals surface area contributed by atoms with Crippen LogP contribution in [-0.4, -0.2) is 214 Å². The molecule has 758 valence electrons. The number of ether oxygens (including phenoxy) is 3. The Bertz CT molecular complexity index is 5780. The number of imidazole rings is 4. The fourth-order valence-corrected chi connectivity index (χ4v) is 13.1. The van der Waals surface area contributed by atoms with Crippen molar-refractivity contribution in [2.24, 2.45) is 23.7 Å². The van der Waals surface area contributed by atoms with Crippen molar-refractivity contribution in [1.29, 1.82) is 15.8 Å². The molecule has 35 nitrogen and oxygen atoms in total. The third-order valence-electron chi connectivity index (χ3n) is 20.9. The lowest BCUT2D eigenvalue weighted by molar-refractivity contribution is -0.192. The van der Waals surface area contributed by atoms with Crippen LogP contribution >= 0.6 is 0 Å². The van der Waals surface area contributed by atoms with Crippen LogP contribution < -0.4 is 21.7 Å². The van der Waals surface area contributed by atoms with E-state index in [-0.39, 0.29) is 102 Å². The zero-order valence-corrected chi connectivity index (χ0v) is 76.6. The smallest absolute Gasteiger partial charge is 0.475 e. The first-order chi connectivity index (χ1) is 65.0. The van der Waals surface area contributed by atoms with Crippen LogP contribution in [0.3, 0.4) is 0 Å². The van der Waals surface area contributed by atoms with Crippen molar-refractivity contribution >= 4 is 76.4 Å². The Labute approximate surface area is 786 Å². The summed E-state index contributed by atoms with van der Waals surface area (Å²) in [6.45, 7) is 19.8. The number of carbonyl (C=O) groups excluding carboxylic acids is 9. The van der Waals surface area contributed by atoms with Gasteiger partial charge in [-0.1, -0.05) is 27.7 Å². The molecule has 8 aromatic rings. The number of benzene rings is 3. The van der Waals surface area contributed by atoms with Crippen LogP contribution in [-0.2, 0) is 84.5 Å². The van der Waals surface area contributed by atoms with Gasteiger partial charge < -0.3 is 78.9 Å². The number of carboxylic acid groups (broad SMARTS) is 1. The number of carboxylic acids is 1. The number of nitrogen functional groups attached to an aromatic ring is 1. The van der Waals surface area contributed by atoms with Gasteiger partial charge in [0.25, 0.3) is 0 Å². The summed E-state index contributed by atoms with van der Waals surface area (Å²) in [6, 6.07) is 14.9. The monoisotopic (exact) mass is 2000 g/mol. The number of methoxy groups -OCH3 is 1. The third kappa shape index (κ3) is 32.0. The topological polar surface area (TPSA) is 454 Å². The van der Waals surface area contributed by atoms with Gasteiger partial charge in [0.05, 0.1) is 146 Å². The van der Waals surface area contributed by atoms with Crippen LogP contribution in [0.15, 0.2) is 86.1 Å². The number of esters is 1. The largest absolute Gasteiger partial charge is 0.490 e. The predicted octanol–water partition coefficient (Wildman–Crippen LogP) is 15.9. The minimum Gasteiger partial charge on any atom is -0.475 e. The normalized spacial score (nSPS) is 14.7. The predicted molar refractivity (Wildman–Crippen MR) is 454 cm³/mol. The molecule has 0 radical (unpaired) electrons. The van der Waals surface area contributed by atoms with Crippen LogP contribution in [0.1, 0.15) is 192 Å². The molecule has 4 atom stereocenters. The highest BCUT2D eigenvalue weighted by atomic mass is 19.4. The summed E-state index contributed by atoms with van der Waals surface area (Å²) in [5.74, 6) is -14.9. The fraction of sp³-hybridized carbons (Fsp3) is 0.471. The lowest BCUT2D eigenvalue weighted by atomic mass is 9.99. The number of hydrogen-bond acceptors (Lipinski definition) is 23. The number of halogens is 18. The van der Waals surface area contributed by atoms with Gasteiger partial charge in [0.2, 0.25) is 0 Å². The number of aromatic nitrogens is 10. The lowest BCUT2D eigenvalue weighted by Gasteiger charge is -2.31. The minimum atomic E-state index is -5.08. The minimum absolute atomic E-state index is 0.00985.